The Labute approximate surface area is 69.5 Å². The molecule has 0 aromatic heterocycles. The van der Waals surface area contributed by atoms with Crippen LogP contribution in [0.2, 0.25) is 0 Å². The third-order valence-corrected chi connectivity index (χ3v) is 1.67. The minimum atomic E-state index is 0.525. The Balaban J connectivity index is 4.61. The lowest BCUT2D eigenvalue weighted by Gasteiger charge is -2.09. The van der Waals surface area contributed by atoms with Crippen molar-refractivity contribution in [2.75, 3.05) is 7.05 Å². The number of nitrogens with zero attached hydrogens (tertiary/aromatic N) is 1. The summed E-state index contributed by atoms with van der Waals surface area (Å²) in [5.41, 5.74) is 2.36. The number of hydrogen-bond donors (Lipinski definition) is 0. The molecule has 0 aromatic rings. The standard InChI is InChI=1S/C10H17N/c1-6-7-10(8(2)3)9(4)11-5/h6-8H,1H2,2-5H3/b10-7+,11-9?. The first-order chi connectivity index (χ1) is 5.13. The van der Waals surface area contributed by atoms with Crippen molar-refractivity contribution >= 4 is 5.71 Å². The van der Waals surface area contributed by atoms with E-state index < -0.39 is 0 Å². The van der Waals surface area contributed by atoms with Crippen LogP contribution in [0.4, 0.5) is 0 Å². The summed E-state index contributed by atoms with van der Waals surface area (Å²) in [7, 11) is 1.81. The summed E-state index contributed by atoms with van der Waals surface area (Å²) in [6.07, 6.45) is 3.83. The van der Waals surface area contributed by atoms with E-state index >= 15 is 0 Å². The zero-order valence-electron chi connectivity index (χ0n) is 7.89. The van der Waals surface area contributed by atoms with Crippen LogP contribution in [0.25, 0.3) is 0 Å². The minimum absolute atomic E-state index is 0.525. The molecular formula is C10H17N. The van der Waals surface area contributed by atoms with Crippen molar-refractivity contribution in [2.24, 2.45) is 10.9 Å². The van der Waals surface area contributed by atoms with E-state index in [-0.39, 0.29) is 0 Å². The van der Waals surface area contributed by atoms with Crippen LogP contribution in [0.3, 0.4) is 0 Å². The fourth-order valence-electron chi connectivity index (χ4n) is 0.987. The second kappa shape index (κ2) is 4.89. The van der Waals surface area contributed by atoms with Crippen molar-refractivity contribution in [3.8, 4) is 0 Å². The van der Waals surface area contributed by atoms with Crippen molar-refractivity contribution < 1.29 is 0 Å². The molecule has 0 saturated heterocycles. The quantitative estimate of drug-likeness (QED) is 0.434. The van der Waals surface area contributed by atoms with Gasteiger partial charge in [0, 0.05) is 12.8 Å². The van der Waals surface area contributed by atoms with Gasteiger partial charge in [0.1, 0.15) is 0 Å². The maximum atomic E-state index is 4.13. The zero-order chi connectivity index (χ0) is 8.85. The fraction of sp³-hybridized carbons (Fsp3) is 0.500. The molecule has 0 saturated carbocycles. The van der Waals surface area contributed by atoms with Crippen LogP contribution in [0, 0.1) is 5.92 Å². The third kappa shape index (κ3) is 3.17. The molecule has 0 unspecified atom stereocenters. The predicted octanol–water partition coefficient (Wildman–Crippen LogP) is 2.85. The van der Waals surface area contributed by atoms with Gasteiger partial charge in [-0.1, -0.05) is 32.6 Å². The summed E-state index contributed by atoms with van der Waals surface area (Å²) < 4.78 is 0. The maximum Gasteiger partial charge on any atom is 0.0348 e. The summed E-state index contributed by atoms with van der Waals surface area (Å²) in [6.45, 7) is 10.0. The van der Waals surface area contributed by atoms with Crippen molar-refractivity contribution in [2.45, 2.75) is 20.8 Å². The highest BCUT2D eigenvalue weighted by atomic mass is 14.7. The van der Waals surface area contributed by atoms with Gasteiger partial charge in [0.05, 0.1) is 0 Å². The smallest absolute Gasteiger partial charge is 0.0348 e. The van der Waals surface area contributed by atoms with Gasteiger partial charge in [-0.15, -0.1) is 0 Å². The molecule has 0 amide bonds. The van der Waals surface area contributed by atoms with E-state index in [1.807, 2.05) is 26.1 Å². The molecule has 0 N–H and O–H groups in total. The van der Waals surface area contributed by atoms with Gasteiger partial charge in [0.2, 0.25) is 0 Å². The van der Waals surface area contributed by atoms with E-state index in [0.717, 1.165) is 5.71 Å². The van der Waals surface area contributed by atoms with E-state index in [4.69, 9.17) is 0 Å². The van der Waals surface area contributed by atoms with Crippen LogP contribution in [-0.4, -0.2) is 12.8 Å². The van der Waals surface area contributed by atoms with Gasteiger partial charge in [0.15, 0.2) is 0 Å². The SMILES string of the molecule is C=C/C=C(/C(C)=NC)C(C)C. The molecule has 0 aromatic carbocycles. The molecule has 62 valence electrons. The first-order valence-corrected chi connectivity index (χ1v) is 3.89. The summed E-state index contributed by atoms with van der Waals surface area (Å²) in [5, 5.41) is 0. The summed E-state index contributed by atoms with van der Waals surface area (Å²) in [6, 6.07) is 0. The number of rotatable bonds is 3. The van der Waals surface area contributed by atoms with Crippen LogP contribution in [0.5, 0.6) is 0 Å². The fourth-order valence-corrected chi connectivity index (χ4v) is 0.987. The number of hydrogen-bond acceptors (Lipinski definition) is 1. The van der Waals surface area contributed by atoms with Gasteiger partial charge < -0.3 is 0 Å². The van der Waals surface area contributed by atoms with Gasteiger partial charge in [0.25, 0.3) is 0 Å². The monoisotopic (exact) mass is 151 g/mol. The number of allylic oxidation sites excluding steroid dienone is 3. The maximum absolute atomic E-state index is 4.13. The molecule has 0 aliphatic heterocycles. The minimum Gasteiger partial charge on any atom is -0.293 e. The summed E-state index contributed by atoms with van der Waals surface area (Å²) in [5.74, 6) is 0.525. The average Bonchev–Trinajstić information content (AvgIpc) is 1.98. The number of aliphatic imine (C=N–C) groups is 1. The molecule has 0 atom stereocenters. The molecule has 0 aliphatic rings. The Hall–Kier alpha value is -0.850. The van der Waals surface area contributed by atoms with Gasteiger partial charge in [-0.05, 0) is 18.4 Å². The topological polar surface area (TPSA) is 12.4 Å². The Morgan fingerprint density at radius 2 is 2.00 bits per heavy atom. The molecule has 0 spiro atoms. The molecule has 0 fully saturated rings. The van der Waals surface area contributed by atoms with Gasteiger partial charge in [-0.2, -0.15) is 0 Å². The van der Waals surface area contributed by atoms with Crippen LogP contribution >= 0.6 is 0 Å². The molecule has 0 heterocycles. The Kier molecular flexibility index (Phi) is 4.51. The van der Waals surface area contributed by atoms with Crippen LogP contribution in [0.1, 0.15) is 20.8 Å². The Morgan fingerprint density at radius 1 is 1.45 bits per heavy atom. The van der Waals surface area contributed by atoms with Crippen molar-refractivity contribution in [1.82, 2.24) is 0 Å². The second-order valence-electron chi connectivity index (χ2n) is 2.82. The van der Waals surface area contributed by atoms with E-state index in [0.29, 0.717) is 5.92 Å². The zero-order valence-corrected chi connectivity index (χ0v) is 7.89. The first-order valence-electron chi connectivity index (χ1n) is 3.89. The summed E-state index contributed by atoms with van der Waals surface area (Å²) >= 11 is 0. The van der Waals surface area contributed by atoms with E-state index in [1.54, 1.807) is 0 Å². The average molecular weight is 151 g/mol. The van der Waals surface area contributed by atoms with Crippen molar-refractivity contribution in [1.29, 1.82) is 0 Å². The molecular weight excluding hydrogens is 134 g/mol. The molecule has 0 aliphatic carbocycles. The lowest BCUT2D eigenvalue weighted by Crippen LogP contribution is -2.03. The molecule has 0 bridgehead atoms. The third-order valence-electron chi connectivity index (χ3n) is 1.67. The Morgan fingerprint density at radius 3 is 2.27 bits per heavy atom. The van der Waals surface area contributed by atoms with Gasteiger partial charge in [-0.3, -0.25) is 4.99 Å². The molecule has 0 rings (SSSR count). The van der Waals surface area contributed by atoms with E-state index in [9.17, 15) is 0 Å². The first kappa shape index (κ1) is 10.2. The molecule has 1 heteroatoms. The van der Waals surface area contributed by atoms with Crippen LogP contribution in [0.15, 0.2) is 29.3 Å². The van der Waals surface area contributed by atoms with Gasteiger partial charge in [-0.25, -0.2) is 0 Å². The second-order valence-corrected chi connectivity index (χ2v) is 2.82. The van der Waals surface area contributed by atoms with Crippen molar-refractivity contribution in [3.05, 3.63) is 24.3 Å². The van der Waals surface area contributed by atoms with Gasteiger partial charge >= 0.3 is 0 Å². The lowest BCUT2D eigenvalue weighted by atomic mass is 9.99. The highest BCUT2D eigenvalue weighted by molar-refractivity contribution is 5.98. The molecule has 1 nitrogen and oxygen atoms in total. The van der Waals surface area contributed by atoms with Crippen LogP contribution in [-0.2, 0) is 0 Å². The lowest BCUT2D eigenvalue weighted by molar-refractivity contribution is 0.801. The predicted molar refractivity (Wildman–Crippen MR) is 52.2 cm³/mol. The molecule has 0 radical (unpaired) electrons. The highest BCUT2D eigenvalue weighted by Crippen LogP contribution is 2.11. The Bertz CT molecular complexity index is 185. The largest absolute Gasteiger partial charge is 0.293 e. The molecule has 11 heavy (non-hydrogen) atoms. The van der Waals surface area contributed by atoms with Crippen LogP contribution < -0.4 is 0 Å². The van der Waals surface area contributed by atoms with Crippen molar-refractivity contribution in [3.63, 3.8) is 0 Å². The van der Waals surface area contributed by atoms with E-state index in [2.05, 4.69) is 25.4 Å². The summed E-state index contributed by atoms with van der Waals surface area (Å²) in [4.78, 5) is 4.13. The normalized spacial score (nSPS) is 13.9. The van der Waals surface area contributed by atoms with E-state index in [1.165, 1.54) is 5.57 Å². The highest BCUT2D eigenvalue weighted by Gasteiger charge is 2.03.